The van der Waals surface area contributed by atoms with Crippen molar-refractivity contribution in [2.45, 2.75) is 25.4 Å². The van der Waals surface area contributed by atoms with Crippen LogP contribution >= 0.6 is 0 Å². The van der Waals surface area contributed by atoms with E-state index in [0.717, 1.165) is 5.56 Å². The molecule has 1 saturated heterocycles. The van der Waals surface area contributed by atoms with Crippen molar-refractivity contribution in [3.05, 3.63) is 65.5 Å². The van der Waals surface area contributed by atoms with Gasteiger partial charge in [0.2, 0.25) is 5.91 Å². The van der Waals surface area contributed by atoms with E-state index < -0.39 is 6.04 Å². The first-order valence-electron chi connectivity index (χ1n) is 7.71. The van der Waals surface area contributed by atoms with E-state index in [0.29, 0.717) is 17.7 Å². The summed E-state index contributed by atoms with van der Waals surface area (Å²) >= 11 is 0. The lowest BCUT2D eigenvalue weighted by molar-refractivity contribution is -0.117. The number of benzene rings is 2. The fourth-order valence-electron chi connectivity index (χ4n) is 2.69. The maximum absolute atomic E-state index is 13.0. The number of rotatable bonds is 4. The van der Waals surface area contributed by atoms with Crippen LogP contribution in [-0.2, 0) is 4.79 Å². The Morgan fingerprint density at radius 3 is 2.58 bits per heavy atom. The Labute approximate surface area is 139 Å². The van der Waals surface area contributed by atoms with Crippen molar-refractivity contribution in [3.8, 4) is 0 Å². The summed E-state index contributed by atoms with van der Waals surface area (Å²) in [5.74, 6) is -0.528. The van der Waals surface area contributed by atoms with E-state index in [1.54, 1.807) is 36.4 Å². The van der Waals surface area contributed by atoms with E-state index in [1.807, 2.05) is 0 Å². The highest BCUT2D eigenvalue weighted by Crippen LogP contribution is 2.23. The molecule has 3 N–H and O–H groups in total. The Morgan fingerprint density at radius 1 is 1.12 bits per heavy atom. The molecule has 1 heterocycles. The van der Waals surface area contributed by atoms with Crippen LogP contribution in [0.4, 0.5) is 10.1 Å². The molecule has 2 aromatic rings. The molecule has 0 aromatic heterocycles. The number of ketones is 1. The first kappa shape index (κ1) is 16.3. The van der Waals surface area contributed by atoms with E-state index in [-0.39, 0.29) is 23.5 Å². The van der Waals surface area contributed by atoms with Crippen molar-refractivity contribution in [3.63, 3.8) is 0 Å². The molecule has 0 aliphatic carbocycles. The normalized spacial score (nSPS) is 19.9. The molecule has 2 atom stereocenters. The number of Topliss-reactive ketones (excluding diaryl/α,β-unsaturated/α-hetero) is 1. The quantitative estimate of drug-likeness (QED) is 0.755. The van der Waals surface area contributed by atoms with Gasteiger partial charge in [-0.05, 0) is 43.2 Å². The lowest BCUT2D eigenvalue weighted by atomic mass is 10.0. The first-order valence-corrected chi connectivity index (χ1v) is 7.71. The van der Waals surface area contributed by atoms with Crippen LogP contribution < -0.4 is 16.2 Å². The largest absolute Gasteiger partial charge is 0.325 e. The molecule has 1 amide bonds. The van der Waals surface area contributed by atoms with Crippen molar-refractivity contribution in [1.82, 2.24) is 10.9 Å². The number of anilines is 1. The third-order valence-corrected chi connectivity index (χ3v) is 4.03. The molecule has 124 valence electrons. The lowest BCUT2D eigenvalue weighted by Gasteiger charge is -2.11. The fraction of sp³-hybridized carbons (Fsp3) is 0.222. The van der Waals surface area contributed by atoms with Gasteiger partial charge in [-0.15, -0.1) is 0 Å². The van der Waals surface area contributed by atoms with Crippen molar-refractivity contribution >= 4 is 17.4 Å². The zero-order valence-corrected chi connectivity index (χ0v) is 13.2. The van der Waals surface area contributed by atoms with Gasteiger partial charge in [0.25, 0.3) is 0 Å². The van der Waals surface area contributed by atoms with Gasteiger partial charge in [-0.1, -0.05) is 24.3 Å². The molecule has 1 aliphatic heterocycles. The average molecular weight is 327 g/mol. The second kappa shape index (κ2) is 6.90. The smallest absolute Gasteiger partial charge is 0.242 e. The van der Waals surface area contributed by atoms with Crippen LogP contribution in [0.25, 0.3) is 0 Å². The van der Waals surface area contributed by atoms with Crippen LogP contribution in [0, 0.1) is 5.82 Å². The van der Waals surface area contributed by atoms with E-state index in [2.05, 4.69) is 16.2 Å². The van der Waals surface area contributed by atoms with Crippen LogP contribution in [0.2, 0.25) is 0 Å². The van der Waals surface area contributed by atoms with Crippen molar-refractivity contribution in [2.75, 3.05) is 5.32 Å². The molecule has 6 heteroatoms. The summed E-state index contributed by atoms with van der Waals surface area (Å²) in [5.41, 5.74) is 8.05. The number of hydrogen-bond acceptors (Lipinski definition) is 4. The summed E-state index contributed by atoms with van der Waals surface area (Å²) in [6, 6.07) is 12.5. The van der Waals surface area contributed by atoms with Crippen molar-refractivity contribution < 1.29 is 14.0 Å². The maximum Gasteiger partial charge on any atom is 0.242 e. The number of hydrogen-bond donors (Lipinski definition) is 3. The van der Waals surface area contributed by atoms with Gasteiger partial charge in [-0.2, -0.15) is 0 Å². The minimum absolute atomic E-state index is 0.0527. The Balaban J connectivity index is 1.63. The summed E-state index contributed by atoms with van der Waals surface area (Å²) in [6.45, 7) is 1.48. The van der Waals surface area contributed by atoms with Gasteiger partial charge in [0.05, 0.1) is 0 Å². The van der Waals surface area contributed by atoms with Gasteiger partial charge in [0, 0.05) is 17.3 Å². The predicted molar refractivity (Wildman–Crippen MR) is 88.9 cm³/mol. The molecule has 0 radical (unpaired) electrons. The molecular formula is C18H18FN3O2. The van der Waals surface area contributed by atoms with E-state index >= 15 is 0 Å². The third-order valence-electron chi connectivity index (χ3n) is 4.03. The molecule has 0 spiro atoms. The predicted octanol–water partition coefficient (Wildman–Crippen LogP) is 2.57. The molecule has 5 nitrogen and oxygen atoms in total. The highest BCUT2D eigenvalue weighted by Gasteiger charge is 2.30. The number of carbonyl (C=O) groups excluding carboxylic acids is 2. The van der Waals surface area contributed by atoms with Gasteiger partial charge in [0.15, 0.2) is 5.78 Å². The molecule has 0 saturated carbocycles. The van der Waals surface area contributed by atoms with Crippen LogP contribution in [0.5, 0.6) is 0 Å². The zero-order valence-electron chi connectivity index (χ0n) is 13.2. The minimum Gasteiger partial charge on any atom is -0.325 e. The first-order chi connectivity index (χ1) is 11.5. The average Bonchev–Trinajstić information content (AvgIpc) is 3.06. The van der Waals surface area contributed by atoms with Crippen LogP contribution in [-0.4, -0.2) is 17.7 Å². The fourth-order valence-corrected chi connectivity index (χ4v) is 2.69. The molecule has 2 unspecified atom stereocenters. The van der Waals surface area contributed by atoms with Gasteiger partial charge in [-0.25, -0.2) is 15.2 Å². The molecule has 2 aromatic carbocycles. The second-order valence-electron chi connectivity index (χ2n) is 5.81. The second-order valence-corrected chi connectivity index (χ2v) is 5.81. The number of amides is 1. The number of halogens is 1. The van der Waals surface area contributed by atoms with E-state index in [1.165, 1.54) is 19.1 Å². The topological polar surface area (TPSA) is 70.2 Å². The number of hydrazine groups is 1. The van der Waals surface area contributed by atoms with Gasteiger partial charge in [-0.3, -0.25) is 9.59 Å². The summed E-state index contributed by atoms with van der Waals surface area (Å²) in [7, 11) is 0. The minimum atomic E-state index is -0.416. The number of nitrogens with one attached hydrogen (secondary N) is 3. The standard InChI is InChI=1S/C18H18FN3O2/c1-11(23)13-3-2-4-15(9-13)20-18(24)17-10-16(21-22-17)12-5-7-14(19)8-6-12/h2-9,16-17,21-22H,10H2,1H3,(H,20,24). The molecular weight excluding hydrogens is 309 g/mol. The molecule has 24 heavy (non-hydrogen) atoms. The summed E-state index contributed by atoms with van der Waals surface area (Å²) in [5, 5.41) is 2.81. The van der Waals surface area contributed by atoms with Gasteiger partial charge >= 0.3 is 0 Å². The summed E-state index contributed by atoms with van der Waals surface area (Å²) in [6.07, 6.45) is 0.546. The van der Waals surface area contributed by atoms with Gasteiger partial charge in [0.1, 0.15) is 11.9 Å². The molecule has 3 rings (SSSR count). The Hall–Kier alpha value is -2.57. The van der Waals surface area contributed by atoms with E-state index in [4.69, 9.17) is 0 Å². The SMILES string of the molecule is CC(=O)c1cccc(NC(=O)C2CC(c3ccc(F)cc3)NN2)c1. The molecule has 1 fully saturated rings. The summed E-state index contributed by atoms with van der Waals surface area (Å²) in [4.78, 5) is 23.8. The zero-order chi connectivity index (χ0) is 17.1. The van der Waals surface area contributed by atoms with Crippen LogP contribution in [0.3, 0.4) is 0 Å². The van der Waals surface area contributed by atoms with Crippen LogP contribution in [0.1, 0.15) is 35.3 Å². The van der Waals surface area contributed by atoms with Crippen molar-refractivity contribution in [1.29, 1.82) is 0 Å². The Kier molecular flexibility index (Phi) is 4.69. The molecule has 0 bridgehead atoms. The Bertz CT molecular complexity index is 761. The monoisotopic (exact) mass is 327 g/mol. The van der Waals surface area contributed by atoms with E-state index in [9.17, 15) is 14.0 Å². The lowest BCUT2D eigenvalue weighted by Crippen LogP contribution is -2.39. The Morgan fingerprint density at radius 2 is 1.88 bits per heavy atom. The highest BCUT2D eigenvalue weighted by atomic mass is 19.1. The van der Waals surface area contributed by atoms with Crippen LogP contribution in [0.15, 0.2) is 48.5 Å². The number of carbonyl (C=O) groups is 2. The van der Waals surface area contributed by atoms with Gasteiger partial charge < -0.3 is 5.32 Å². The summed E-state index contributed by atoms with van der Waals surface area (Å²) < 4.78 is 13.0. The van der Waals surface area contributed by atoms with Crippen molar-refractivity contribution in [2.24, 2.45) is 0 Å². The maximum atomic E-state index is 13.0. The highest BCUT2D eigenvalue weighted by molar-refractivity contribution is 5.98. The molecule has 1 aliphatic rings. The third kappa shape index (κ3) is 3.67.